The van der Waals surface area contributed by atoms with Crippen LogP contribution in [0.4, 0.5) is 0 Å². The fourth-order valence-electron chi connectivity index (χ4n) is 2.48. The van der Waals surface area contributed by atoms with Gasteiger partial charge in [0.25, 0.3) is 5.56 Å². The summed E-state index contributed by atoms with van der Waals surface area (Å²) in [5.74, 6) is 0.0224. The molecule has 1 aromatic heterocycles. The highest BCUT2D eigenvalue weighted by atomic mass is 16.3. The fraction of sp³-hybridized carbons (Fsp3) is 0.0588. The summed E-state index contributed by atoms with van der Waals surface area (Å²) < 4.78 is 0. The second-order valence-electron chi connectivity index (χ2n) is 4.63. The molecule has 2 N–H and O–H groups in total. The molecule has 1 radical (unpaired) electrons. The third-order valence-corrected chi connectivity index (χ3v) is 3.43. The third kappa shape index (κ3) is 1.88. The molecule has 0 unspecified atom stereocenters. The average Bonchev–Trinajstić information content (AvgIpc) is 2.47. The van der Waals surface area contributed by atoms with Crippen LogP contribution in [-0.4, -0.2) is 10.1 Å². The Hall–Kier alpha value is -2.55. The molecule has 0 atom stereocenters. The lowest BCUT2D eigenvalue weighted by molar-refractivity contribution is 0.482. The minimum absolute atomic E-state index is 0.0224. The van der Waals surface area contributed by atoms with Gasteiger partial charge in [-0.2, -0.15) is 0 Å². The first-order chi connectivity index (χ1) is 9.72. The van der Waals surface area contributed by atoms with E-state index in [0.717, 1.165) is 5.56 Å². The number of rotatable bonds is 2. The molecule has 0 aliphatic heterocycles. The molecule has 0 bridgehead atoms. The second kappa shape index (κ2) is 4.85. The van der Waals surface area contributed by atoms with E-state index < -0.39 is 0 Å². The highest BCUT2D eigenvalue weighted by Gasteiger charge is 2.15. The minimum Gasteiger partial charge on any atom is -0.506 e. The SMILES string of the molecule is [CH2]Cc1cccc2[nH]c(=O)c(-c3ccccc3)c(O)c12. The van der Waals surface area contributed by atoms with Gasteiger partial charge >= 0.3 is 0 Å². The quantitative estimate of drug-likeness (QED) is 0.746. The van der Waals surface area contributed by atoms with Crippen molar-refractivity contribution in [2.75, 3.05) is 0 Å². The molecule has 0 aliphatic rings. The van der Waals surface area contributed by atoms with Crippen molar-refractivity contribution in [2.24, 2.45) is 0 Å². The van der Waals surface area contributed by atoms with E-state index in [9.17, 15) is 9.90 Å². The van der Waals surface area contributed by atoms with Crippen LogP contribution in [0.5, 0.6) is 5.75 Å². The van der Waals surface area contributed by atoms with Crippen LogP contribution < -0.4 is 5.56 Å². The molecule has 0 saturated heterocycles. The number of aromatic nitrogens is 1. The van der Waals surface area contributed by atoms with E-state index in [0.29, 0.717) is 28.5 Å². The fourth-order valence-corrected chi connectivity index (χ4v) is 2.48. The maximum Gasteiger partial charge on any atom is 0.260 e. The first-order valence-corrected chi connectivity index (χ1v) is 6.44. The molecule has 0 saturated carbocycles. The van der Waals surface area contributed by atoms with Gasteiger partial charge in [-0.25, -0.2) is 0 Å². The molecule has 0 fully saturated rings. The summed E-state index contributed by atoms with van der Waals surface area (Å²) in [4.78, 5) is 15.1. The van der Waals surface area contributed by atoms with Crippen molar-refractivity contribution in [1.82, 2.24) is 4.98 Å². The van der Waals surface area contributed by atoms with E-state index in [1.54, 1.807) is 6.07 Å². The first kappa shape index (κ1) is 12.5. The molecule has 0 aliphatic carbocycles. The molecule has 99 valence electrons. The number of hydrogen-bond donors (Lipinski definition) is 2. The first-order valence-electron chi connectivity index (χ1n) is 6.44. The van der Waals surface area contributed by atoms with Crippen LogP contribution in [0.2, 0.25) is 0 Å². The van der Waals surface area contributed by atoms with Crippen LogP contribution in [0.3, 0.4) is 0 Å². The van der Waals surface area contributed by atoms with Gasteiger partial charge in [-0.1, -0.05) is 42.5 Å². The minimum atomic E-state index is -0.289. The zero-order valence-electron chi connectivity index (χ0n) is 10.9. The Balaban J connectivity index is 2.43. The molecule has 3 heteroatoms. The van der Waals surface area contributed by atoms with Gasteiger partial charge in [0, 0.05) is 5.39 Å². The Morgan fingerprint density at radius 1 is 1.05 bits per heavy atom. The standard InChI is InChI=1S/C17H14NO2/c1-2-11-9-6-10-13-14(11)16(19)15(17(20)18-13)12-7-4-3-5-8-12/h3-10H,1-2H2,(H2,18,19,20). The number of aromatic hydroxyl groups is 1. The second-order valence-corrected chi connectivity index (χ2v) is 4.63. The smallest absolute Gasteiger partial charge is 0.260 e. The Labute approximate surface area is 116 Å². The van der Waals surface area contributed by atoms with Crippen molar-refractivity contribution in [2.45, 2.75) is 6.42 Å². The van der Waals surface area contributed by atoms with E-state index in [4.69, 9.17) is 0 Å². The number of pyridine rings is 1. The molecule has 0 spiro atoms. The van der Waals surface area contributed by atoms with Crippen LogP contribution >= 0.6 is 0 Å². The predicted molar refractivity (Wildman–Crippen MR) is 80.7 cm³/mol. The van der Waals surface area contributed by atoms with Crippen molar-refractivity contribution >= 4 is 10.9 Å². The van der Waals surface area contributed by atoms with Gasteiger partial charge in [-0.05, 0) is 30.5 Å². The summed E-state index contributed by atoms with van der Waals surface area (Å²) in [6, 6.07) is 14.7. The van der Waals surface area contributed by atoms with E-state index in [1.165, 1.54) is 0 Å². The van der Waals surface area contributed by atoms with Gasteiger partial charge in [0.15, 0.2) is 0 Å². The summed E-state index contributed by atoms with van der Waals surface area (Å²) in [5, 5.41) is 11.2. The van der Waals surface area contributed by atoms with Gasteiger partial charge in [0.05, 0.1) is 11.1 Å². The molecular formula is C17H14NO2. The van der Waals surface area contributed by atoms with Crippen molar-refractivity contribution in [3.63, 3.8) is 0 Å². The largest absolute Gasteiger partial charge is 0.506 e. The summed E-state index contributed by atoms with van der Waals surface area (Å²) >= 11 is 0. The number of hydrogen-bond acceptors (Lipinski definition) is 2. The van der Waals surface area contributed by atoms with Gasteiger partial charge in [-0.15, -0.1) is 0 Å². The number of aromatic amines is 1. The highest BCUT2D eigenvalue weighted by Crippen LogP contribution is 2.33. The summed E-state index contributed by atoms with van der Waals surface area (Å²) in [5.41, 5.74) is 2.26. The Kier molecular flexibility index (Phi) is 3.03. The number of H-pyrrole nitrogens is 1. The molecule has 2 aromatic carbocycles. The van der Waals surface area contributed by atoms with Crippen molar-refractivity contribution in [3.8, 4) is 16.9 Å². The van der Waals surface area contributed by atoms with Crippen molar-refractivity contribution in [1.29, 1.82) is 0 Å². The molecule has 0 amide bonds. The normalized spacial score (nSPS) is 10.8. The number of nitrogens with one attached hydrogen (secondary N) is 1. The average molecular weight is 264 g/mol. The van der Waals surface area contributed by atoms with E-state index in [-0.39, 0.29) is 11.3 Å². The van der Waals surface area contributed by atoms with Gasteiger partial charge < -0.3 is 10.1 Å². The van der Waals surface area contributed by atoms with Crippen LogP contribution in [0.25, 0.3) is 22.0 Å². The van der Waals surface area contributed by atoms with Crippen LogP contribution in [0, 0.1) is 6.92 Å². The van der Waals surface area contributed by atoms with E-state index in [2.05, 4.69) is 11.9 Å². The number of benzene rings is 2. The Morgan fingerprint density at radius 2 is 1.80 bits per heavy atom. The van der Waals surface area contributed by atoms with Crippen LogP contribution in [-0.2, 0) is 6.42 Å². The summed E-state index contributed by atoms with van der Waals surface area (Å²) in [7, 11) is 0. The Morgan fingerprint density at radius 3 is 2.50 bits per heavy atom. The Bertz CT molecular complexity index is 820. The topological polar surface area (TPSA) is 53.1 Å². The molecule has 3 aromatic rings. The molecule has 1 heterocycles. The monoisotopic (exact) mass is 264 g/mol. The van der Waals surface area contributed by atoms with Gasteiger partial charge in [0.2, 0.25) is 0 Å². The summed E-state index contributed by atoms with van der Waals surface area (Å²) in [6.07, 6.45) is 0.547. The van der Waals surface area contributed by atoms with Crippen molar-refractivity contribution in [3.05, 3.63) is 71.4 Å². The van der Waals surface area contributed by atoms with Crippen LogP contribution in [0.15, 0.2) is 53.3 Å². The molecule has 20 heavy (non-hydrogen) atoms. The van der Waals surface area contributed by atoms with E-state index in [1.807, 2.05) is 42.5 Å². The van der Waals surface area contributed by atoms with E-state index >= 15 is 0 Å². The van der Waals surface area contributed by atoms with Crippen molar-refractivity contribution < 1.29 is 5.11 Å². The van der Waals surface area contributed by atoms with Crippen LogP contribution in [0.1, 0.15) is 5.56 Å². The van der Waals surface area contributed by atoms with Gasteiger partial charge in [-0.3, -0.25) is 4.79 Å². The molecule has 3 rings (SSSR count). The maximum atomic E-state index is 12.2. The molecular weight excluding hydrogens is 250 g/mol. The zero-order valence-corrected chi connectivity index (χ0v) is 10.9. The maximum absolute atomic E-state index is 12.2. The third-order valence-electron chi connectivity index (χ3n) is 3.43. The molecule has 3 nitrogen and oxygen atoms in total. The summed E-state index contributed by atoms with van der Waals surface area (Å²) in [6.45, 7) is 3.87. The lowest BCUT2D eigenvalue weighted by atomic mass is 9.99. The van der Waals surface area contributed by atoms with Gasteiger partial charge in [0.1, 0.15) is 5.75 Å². The lowest BCUT2D eigenvalue weighted by Gasteiger charge is -2.10. The lowest BCUT2D eigenvalue weighted by Crippen LogP contribution is -2.10. The zero-order chi connectivity index (χ0) is 14.1. The predicted octanol–water partition coefficient (Wildman–Crippen LogP) is 3.28. The highest BCUT2D eigenvalue weighted by molar-refractivity contribution is 5.94. The number of fused-ring (bicyclic) bond motifs is 1.